The molecule has 1 aliphatic heterocycles. The molecule has 0 amide bonds. The van der Waals surface area contributed by atoms with Gasteiger partial charge in [-0.05, 0) is 0 Å². The predicted octanol–water partition coefficient (Wildman–Crippen LogP) is -0.431. The molecule has 0 unspecified atom stereocenters. The zero-order valence-corrected chi connectivity index (χ0v) is 5.62. The van der Waals surface area contributed by atoms with Gasteiger partial charge in [-0.25, -0.2) is 0 Å². The third kappa shape index (κ3) is 1.63. The summed E-state index contributed by atoms with van der Waals surface area (Å²) in [5.41, 5.74) is 0. The van der Waals surface area contributed by atoms with Crippen LogP contribution in [0.1, 0.15) is 0 Å². The molecule has 0 bridgehead atoms. The van der Waals surface area contributed by atoms with Crippen molar-refractivity contribution in [2.45, 2.75) is 0 Å². The van der Waals surface area contributed by atoms with Gasteiger partial charge < -0.3 is 4.74 Å². The molecule has 0 aromatic rings. The average Bonchev–Trinajstić information content (AvgIpc) is 1.65. The lowest BCUT2D eigenvalue weighted by Crippen LogP contribution is -2.34. The van der Waals surface area contributed by atoms with E-state index >= 15 is 0 Å². The molecule has 1 fully saturated rings. The van der Waals surface area contributed by atoms with Gasteiger partial charge in [0.1, 0.15) is 0 Å². The molecule has 8 heavy (non-hydrogen) atoms. The van der Waals surface area contributed by atoms with Crippen molar-refractivity contribution in [3.63, 3.8) is 0 Å². The van der Waals surface area contributed by atoms with Crippen molar-refractivity contribution in [2.24, 2.45) is 10.3 Å². The van der Waals surface area contributed by atoms with Crippen molar-refractivity contribution >= 4 is 10.4 Å². The van der Waals surface area contributed by atoms with Crippen LogP contribution in [0.25, 0.3) is 0 Å². The van der Waals surface area contributed by atoms with E-state index < -0.39 is 10.4 Å². The summed E-state index contributed by atoms with van der Waals surface area (Å²) < 4.78 is 5.07. The molecule has 3 nitrogen and oxygen atoms in total. The summed E-state index contributed by atoms with van der Waals surface area (Å²) in [6.07, 6.45) is 0. The van der Waals surface area contributed by atoms with Gasteiger partial charge in [-0.1, -0.05) is 0 Å². The Bertz CT molecular complexity index is 78.1. The van der Waals surface area contributed by atoms with Crippen molar-refractivity contribution in [3.05, 3.63) is 0 Å². The van der Waals surface area contributed by atoms with Crippen LogP contribution in [0.3, 0.4) is 0 Å². The van der Waals surface area contributed by atoms with E-state index in [1.54, 1.807) is 0 Å². The topological polar surface area (TPSA) is 61.3 Å². The summed E-state index contributed by atoms with van der Waals surface area (Å²) in [6, 6.07) is 0. The lowest BCUT2D eigenvalue weighted by atomic mass is 10.8. The van der Waals surface area contributed by atoms with Crippen LogP contribution in [0, 0.1) is 0 Å². The maximum atomic E-state index is 5.66. The van der Waals surface area contributed by atoms with Gasteiger partial charge in [-0.15, -0.1) is 10.4 Å². The lowest BCUT2D eigenvalue weighted by molar-refractivity contribution is 0.159. The summed E-state index contributed by atoms with van der Waals surface area (Å²) in [7, 11) is -1.21. The molecule has 0 spiro atoms. The maximum absolute atomic E-state index is 5.66. The highest BCUT2D eigenvalue weighted by Crippen LogP contribution is 2.30. The molecule has 0 aromatic carbocycles. The second kappa shape index (κ2) is 2.23. The quantitative estimate of drug-likeness (QED) is 0.475. The highest BCUT2D eigenvalue weighted by Gasteiger charge is 2.16. The summed E-state index contributed by atoms with van der Waals surface area (Å²) in [5, 5.41) is 11.3. The van der Waals surface area contributed by atoms with Gasteiger partial charge in [-0.2, -0.15) is 0 Å². The lowest BCUT2D eigenvalue weighted by Gasteiger charge is -2.34. The molecule has 0 atom stereocenters. The van der Waals surface area contributed by atoms with Crippen LogP contribution in [0.5, 0.6) is 0 Å². The van der Waals surface area contributed by atoms with Gasteiger partial charge in [0.25, 0.3) is 0 Å². The van der Waals surface area contributed by atoms with E-state index in [1.165, 1.54) is 0 Å². The highest BCUT2D eigenvalue weighted by atomic mass is 32.3. The fourth-order valence-corrected chi connectivity index (χ4v) is 1.69. The van der Waals surface area contributed by atoms with Crippen LogP contribution in [-0.2, 0) is 4.74 Å². The molecule has 4 N–H and O–H groups in total. The molecule has 1 heterocycles. The number of nitrogens with two attached hydrogens (primary N) is 2. The molecular formula is C4H12N2OS. The van der Waals surface area contributed by atoms with Crippen molar-refractivity contribution < 1.29 is 4.74 Å². The second-order valence-electron chi connectivity index (χ2n) is 2.03. The summed E-state index contributed by atoms with van der Waals surface area (Å²) in [4.78, 5) is 0. The van der Waals surface area contributed by atoms with Crippen molar-refractivity contribution in [2.75, 3.05) is 24.7 Å². The van der Waals surface area contributed by atoms with Gasteiger partial charge in [-0.3, -0.25) is 10.3 Å². The Labute approximate surface area is 51.0 Å². The average molecular weight is 136 g/mol. The Hall–Kier alpha value is 0.230. The largest absolute Gasteiger partial charge is 0.380 e. The third-order valence-electron chi connectivity index (χ3n) is 1.22. The van der Waals surface area contributed by atoms with Crippen molar-refractivity contribution in [1.82, 2.24) is 0 Å². The maximum Gasteiger partial charge on any atom is 0.0565 e. The molecule has 4 heteroatoms. The first-order valence-electron chi connectivity index (χ1n) is 2.63. The minimum Gasteiger partial charge on any atom is -0.380 e. The summed E-state index contributed by atoms with van der Waals surface area (Å²) in [5.74, 6) is 1.74. The molecule has 0 radical (unpaired) electrons. The molecule has 1 saturated heterocycles. The van der Waals surface area contributed by atoms with E-state index in [0.717, 1.165) is 24.7 Å². The van der Waals surface area contributed by atoms with Gasteiger partial charge in [0.15, 0.2) is 0 Å². The molecule has 1 aliphatic rings. The standard InChI is InChI=1S/C4H12N2OS/c5-8(6)3-1-7-2-4-8/h1-6H2. The first kappa shape index (κ1) is 6.35. The first-order chi connectivity index (χ1) is 3.71. The number of ether oxygens (including phenoxy) is 1. The van der Waals surface area contributed by atoms with Crippen LogP contribution in [0.15, 0.2) is 0 Å². The SMILES string of the molecule is NS1(N)CCOCC1. The molecule has 1 rings (SSSR count). The Balaban J connectivity index is 2.33. The Morgan fingerprint density at radius 1 is 1.12 bits per heavy atom. The summed E-state index contributed by atoms with van der Waals surface area (Å²) in [6.45, 7) is 1.50. The molecule has 0 aliphatic carbocycles. The van der Waals surface area contributed by atoms with Crippen LogP contribution in [0.2, 0.25) is 0 Å². The molecule has 0 saturated carbocycles. The van der Waals surface area contributed by atoms with E-state index in [9.17, 15) is 0 Å². The van der Waals surface area contributed by atoms with Crippen LogP contribution >= 0.6 is 10.4 Å². The van der Waals surface area contributed by atoms with Gasteiger partial charge >= 0.3 is 0 Å². The van der Waals surface area contributed by atoms with Gasteiger partial charge in [0.2, 0.25) is 0 Å². The van der Waals surface area contributed by atoms with Gasteiger partial charge in [0, 0.05) is 11.5 Å². The van der Waals surface area contributed by atoms with E-state index in [0.29, 0.717) is 0 Å². The number of hydrogen-bond donors (Lipinski definition) is 2. The normalized spacial score (nSPS) is 31.8. The Morgan fingerprint density at radius 3 is 1.88 bits per heavy atom. The molecular weight excluding hydrogens is 124 g/mol. The molecule has 50 valence electrons. The highest BCUT2D eigenvalue weighted by molar-refractivity contribution is 8.30. The van der Waals surface area contributed by atoms with Crippen molar-refractivity contribution in [1.29, 1.82) is 0 Å². The monoisotopic (exact) mass is 136 g/mol. The number of hydrogen-bond acceptors (Lipinski definition) is 3. The van der Waals surface area contributed by atoms with E-state index in [-0.39, 0.29) is 0 Å². The predicted molar refractivity (Wildman–Crippen MR) is 36.5 cm³/mol. The van der Waals surface area contributed by atoms with E-state index in [4.69, 9.17) is 15.0 Å². The number of rotatable bonds is 0. The fraction of sp³-hybridized carbons (Fsp3) is 1.00. The smallest absolute Gasteiger partial charge is 0.0565 e. The zero-order valence-electron chi connectivity index (χ0n) is 4.80. The van der Waals surface area contributed by atoms with Crippen molar-refractivity contribution in [3.8, 4) is 0 Å². The minimum absolute atomic E-state index is 0.752. The van der Waals surface area contributed by atoms with E-state index in [2.05, 4.69) is 0 Å². The Morgan fingerprint density at radius 2 is 1.62 bits per heavy atom. The molecule has 0 aromatic heterocycles. The summed E-state index contributed by atoms with van der Waals surface area (Å²) >= 11 is 0. The van der Waals surface area contributed by atoms with Crippen LogP contribution in [0.4, 0.5) is 0 Å². The van der Waals surface area contributed by atoms with Crippen LogP contribution in [-0.4, -0.2) is 24.7 Å². The second-order valence-corrected chi connectivity index (χ2v) is 4.86. The Kier molecular flexibility index (Phi) is 1.77. The third-order valence-corrected chi connectivity index (χ3v) is 3.07. The minimum atomic E-state index is -1.21. The first-order valence-corrected chi connectivity index (χ1v) is 4.72. The van der Waals surface area contributed by atoms with Crippen LogP contribution < -0.4 is 10.3 Å². The zero-order chi connectivity index (χ0) is 6.04. The van der Waals surface area contributed by atoms with E-state index in [1.807, 2.05) is 0 Å². The fourth-order valence-electron chi connectivity index (χ4n) is 0.632. The van der Waals surface area contributed by atoms with Gasteiger partial charge in [0.05, 0.1) is 13.2 Å².